The lowest BCUT2D eigenvalue weighted by atomic mass is 10.1. The maximum absolute atomic E-state index is 13.4. The van der Waals surface area contributed by atoms with Crippen LogP contribution in [0.1, 0.15) is 16.7 Å². The molecular formula is C32H23Cl2FN2O6. The number of carbonyl (C=O) groups excluding carboxylic acids is 3. The largest absolute Gasteiger partial charge is 0.493 e. The minimum Gasteiger partial charge on any atom is -0.493 e. The van der Waals surface area contributed by atoms with Crippen LogP contribution in [0.2, 0.25) is 10.0 Å². The van der Waals surface area contributed by atoms with E-state index in [1.165, 1.54) is 30.3 Å². The summed E-state index contributed by atoms with van der Waals surface area (Å²) in [6, 6.07) is 21.8. The van der Waals surface area contributed by atoms with Crippen LogP contribution in [0.3, 0.4) is 0 Å². The maximum Gasteiger partial charge on any atom is 0.335 e. The predicted molar refractivity (Wildman–Crippen MR) is 160 cm³/mol. The summed E-state index contributed by atoms with van der Waals surface area (Å²) in [5, 5.41) is 2.36. The molecule has 4 amide bonds. The van der Waals surface area contributed by atoms with E-state index in [4.69, 9.17) is 37.4 Å². The molecule has 4 aromatic carbocycles. The second kappa shape index (κ2) is 13.0. The van der Waals surface area contributed by atoms with E-state index >= 15 is 0 Å². The van der Waals surface area contributed by atoms with Crippen molar-refractivity contribution in [2.24, 2.45) is 0 Å². The molecule has 1 aliphatic heterocycles. The average Bonchev–Trinajstić information content (AvgIpc) is 2.99. The Labute approximate surface area is 256 Å². The van der Waals surface area contributed by atoms with Gasteiger partial charge in [-0.05, 0) is 71.3 Å². The Morgan fingerprint density at radius 3 is 2.16 bits per heavy atom. The SMILES string of the molecule is COc1cc(COc2c(Cl)cc(/C=C3\C(=O)NC(=O)N(c4ccc(F)cc4)C3=O)cc2Cl)ccc1OCc1ccccc1. The normalized spacial score (nSPS) is 14.1. The Hall–Kier alpha value is -4.86. The van der Waals surface area contributed by atoms with Crippen LogP contribution in [0.5, 0.6) is 17.2 Å². The summed E-state index contributed by atoms with van der Waals surface area (Å²) in [4.78, 5) is 38.7. The molecule has 1 heterocycles. The van der Waals surface area contributed by atoms with Crippen LogP contribution >= 0.6 is 23.2 Å². The van der Waals surface area contributed by atoms with Gasteiger partial charge in [0.15, 0.2) is 17.2 Å². The number of ether oxygens (including phenoxy) is 3. The second-order valence-corrected chi connectivity index (χ2v) is 10.1. The van der Waals surface area contributed by atoms with Crippen LogP contribution in [-0.4, -0.2) is 25.0 Å². The van der Waals surface area contributed by atoms with Crippen molar-refractivity contribution in [3.05, 3.63) is 123 Å². The summed E-state index contributed by atoms with van der Waals surface area (Å²) in [5.74, 6) is -1.04. The van der Waals surface area contributed by atoms with Crippen molar-refractivity contribution >= 4 is 52.8 Å². The van der Waals surface area contributed by atoms with Crippen LogP contribution in [-0.2, 0) is 22.8 Å². The number of amides is 4. The zero-order valence-electron chi connectivity index (χ0n) is 22.6. The van der Waals surface area contributed by atoms with Gasteiger partial charge in [-0.15, -0.1) is 0 Å². The maximum atomic E-state index is 13.4. The molecule has 0 aliphatic carbocycles. The number of urea groups is 1. The van der Waals surface area contributed by atoms with E-state index in [9.17, 15) is 18.8 Å². The Morgan fingerprint density at radius 1 is 0.814 bits per heavy atom. The van der Waals surface area contributed by atoms with E-state index in [0.29, 0.717) is 23.7 Å². The molecule has 1 aliphatic rings. The Morgan fingerprint density at radius 2 is 1.49 bits per heavy atom. The van der Waals surface area contributed by atoms with E-state index in [2.05, 4.69) is 5.32 Å². The highest BCUT2D eigenvalue weighted by Crippen LogP contribution is 2.36. The molecule has 0 bridgehead atoms. The number of halogens is 3. The first-order valence-corrected chi connectivity index (χ1v) is 13.6. The van der Waals surface area contributed by atoms with Crippen molar-refractivity contribution < 1.29 is 33.0 Å². The second-order valence-electron chi connectivity index (χ2n) is 9.30. The molecule has 43 heavy (non-hydrogen) atoms. The molecule has 0 unspecified atom stereocenters. The van der Waals surface area contributed by atoms with Crippen molar-refractivity contribution in [2.75, 3.05) is 12.0 Å². The van der Waals surface area contributed by atoms with Gasteiger partial charge in [0, 0.05) is 0 Å². The van der Waals surface area contributed by atoms with E-state index in [0.717, 1.165) is 28.2 Å². The fraction of sp³-hybridized carbons (Fsp3) is 0.0938. The standard InChI is InChI=1S/C32H23Cl2FN2O6/c1-41-28-16-20(7-12-27(28)42-17-19-5-3-2-4-6-19)18-43-29-25(33)14-21(15-26(29)34)13-24-30(38)36-32(40)37(31(24)39)23-10-8-22(35)9-11-23/h2-16H,17-18H2,1H3,(H,36,38,40)/b24-13+. The number of methoxy groups -OCH3 is 1. The summed E-state index contributed by atoms with van der Waals surface area (Å²) < 4.78 is 30.6. The minimum absolute atomic E-state index is 0.0922. The van der Waals surface area contributed by atoms with Crippen LogP contribution < -0.4 is 24.4 Å². The molecule has 0 atom stereocenters. The van der Waals surface area contributed by atoms with Crippen molar-refractivity contribution in [1.82, 2.24) is 5.32 Å². The summed E-state index contributed by atoms with van der Waals surface area (Å²) in [6.07, 6.45) is 1.25. The minimum atomic E-state index is -0.953. The number of benzene rings is 4. The van der Waals surface area contributed by atoms with E-state index in [1.54, 1.807) is 19.2 Å². The third-order valence-electron chi connectivity index (χ3n) is 6.37. The van der Waals surface area contributed by atoms with Gasteiger partial charge in [-0.25, -0.2) is 14.1 Å². The highest BCUT2D eigenvalue weighted by Gasteiger charge is 2.36. The third kappa shape index (κ3) is 6.80. The molecule has 1 N–H and O–H groups in total. The highest BCUT2D eigenvalue weighted by atomic mass is 35.5. The Balaban J connectivity index is 1.30. The van der Waals surface area contributed by atoms with E-state index < -0.39 is 23.7 Å². The van der Waals surface area contributed by atoms with Gasteiger partial charge in [-0.2, -0.15) is 0 Å². The molecule has 5 rings (SSSR count). The fourth-order valence-corrected chi connectivity index (χ4v) is 4.87. The van der Waals surface area contributed by atoms with Gasteiger partial charge in [0.1, 0.15) is 24.6 Å². The topological polar surface area (TPSA) is 94.2 Å². The summed E-state index contributed by atoms with van der Waals surface area (Å²) in [6.45, 7) is 0.486. The van der Waals surface area contributed by atoms with Gasteiger partial charge in [0.25, 0.3) is 11.8 Å². The highest BCUT2D eigenvalue weighted by molar-refractivity contribution is 6.40. The van der Waals surface area contributed by atoms with Crippen molar-refractivity contribution in [1.29, 1.82) is 0 Å². The third-order valence-corrected chi connectivity index (χ3v) is 6.93. The lowest BCUT2D eigenvalue weighted by molar-refractivity contribution is -0.122. The molecule has 0 radical (unpaired) electrons. The summed E-state index contributed by atoms with van der Waals surface area (Å²) >= 11 is 12.9. The fourth-order valence-electron chi connectivity index (χ4n) is 4.26. The van der Waals surface area contributed by atoms with Gasteiger partial charge < -0.3 is 14.2 Å². The van der Waals surface area contributed by atoms with E-state index in [-0.39, 0.29) is 33.7 Å². The molecule has 0 saturated carbocycles. The van der Waals surface area contributed by atoms with Gasteiger partial charge in [-0.3, -0.25) is 14.9 Å². The number of rotatable bonds is 9. The lowest BCUT2D eigenvalue weighted by Gasteiger charge is -2.26. The number of barbiturate groups is 1. The van der Waals surface area contributed by atoms with Gasteiger partial charge in [0.05, 0.1) is 22.8 Å². The van der Waals surface area contributed by atoms with Gasteiger partial charge >= 0.3 is 6.03 Å². The zero-order chi connectivity index (χ0) is 30.5. The number of nitrogens with one attached hydrogen (secondary N) is 1. The number of hydrogen-bond acceptors (Lipinski definition) is 6. The molecule has 218 valence electrons. The van der Waals surface area contributed by atoms with Crippen LogP contribution in [0, 0.1) is 5.82 Å². The van der Waals surface area contributed by atoms with Crippen LogP contribution in [0.25, 0.3) is 6.08 Å². The van der Waals surface area contributed by atoms with Gasteiger partial charge in [-0.1, -0.05) is 59.6 Å². The van der Waals surface area contributed by atoms with Crippen molar-refractivity contribution in [2.45, 2.75) is 13.2 Å². The molecule has 1 fully saturated rings. The number of hydrogen-bond donors (Lipinski definition) is 1. The molecule has 0 spiro atoms. The molecule has 4 aromatic rings. The average molecular weight is 621 g/mol. The van der Waals surface area contributed by atoms with Gasteiger partial charge in [0.2, 0.25) is 0 Å². The van der Waals surface area contributed by atoms with E-state index in [1.807, 2.05) is 36.4 Å². The first-order valence-electron chi connectivity index (χ1n) is 12.9. The quantitative estimate of drug-likeness (QED) is 0.160. The Kier molecular flexibility index (Phi) is 8.94. The number of anilines is 1. The van der Waals surface area contributed by atoms with Crippen molar-refractivity contribution in [3.8, 4) is 17.2 Å². The Bertz CT molecular complexity index is 1710. The number of carbonyl (C=O) groups is 3. The smallest absolute Gasteiger partial charge is 0.335 e. The molecule has 11 heteroatoms. The zero-order valence-corrected chi connectivity index (χ0v) is 24.1. The first kappa shape index (κ1) is 29.6. The molecule has 0 aromatic heterocycles. The molecular weight excluding hydrogens is 598 g/mol. The van der Waals surface area contributed by atoms with Crippen LogP contribution in [0.15, 0.2) is 90.5 Å². The monoisotopic (exact) mass is 620 g/mol. The molecule has 1 saturated heterocycles. The lowest BCUT2D eigenvalue weighted by Crippen LogP contribution is -2.54. The van der Waals surface area contributed by atoms with Crippen LogP contribution in [0.4, 0.5) is 14.9 Å². The predicted octanol–water partition coefficient (Wildman–Crippen LogP) is 6.97. The number of imide groups is 2. The molecule has 8 nitrogen and oxygen atoms in total. The first-order chi connectivity index (χ1) is 20.7. The number of nitrogens with zero attached hydrogens (tertiary/aromatic N) is 1. The summed E-state index contributed by atoms with van der Waals surface area (Å²) in [7, 11) is 1.54. The summed E-state index contributed by atoms with van der Waals surface area (Å²) in [5.41, 5.74) is 1.85. The van der Waals surface area contributed by atoms with Crippen molar-refractivity contribution in [3.63, 3.8) is 0 Å².